The minimum Gasteiger partial charge on any atom is -0.461 e. The molecule has 1 aromatic heterocycles. The fraction of sp³-hybridized carbons (Fsp3) is 0.176. The average Bonchev–Trinajstić information content (AvgIpc) is 2.60. The molecule has 0 aliphatic carbocycles. The Morgan fingerprint density at radius 3 is 2.57 bits per heavy atom. The second kappa shape index (κ2) is 8.29. The first-order valence-electron chi connectivity index (χ1n) is 7.03. The second-order valence-electron chi connectivity index (χ2n) is 4.74. The zero-order chi connectivity index (χ0) is 16.5. The van der Waals surface area contributed by atoms with Crippen LogP contribution >= 0.6 is 0 Å². The summed E-state index contributed by atoms with van der Waals surface area (Å²) in [5, 5.41) is 11.2. The quantitative estimate of drug-likeness (QED) is 0.827. The van der Waals surface area contributed by atoms with Gasteiger partial charge in [0.25, 0.3) is 0 Å². The summed E-state index contributed by atoms with van der Waals surface area (Å²) in [4.78, 5) is 27.2. The first-order valence-corrected chi connectivity index (χ1v) is 7.03. The molecule has 6 heteroatoms. The number of hydrogen-bond acceptors (Lipinski definition) is 5. The molecule has 1 aromatic carbocycles. The van der Waals surface area contributed by atoms with Crippen molar-refractivity contribution in [2.45, 2.75) is 19.4 Å². The lowest BCUT2D eigenvalue weighted by Gasteiger charge is -2.06. The Labute approximate surface area is 133 Å². The number of amides is 1. The van der Waals surface area contributed by atoms with Crippen molar-refractivity contribution in [2.75, 3.05) is 5.32 Å². The molecule has 2 rings (SSSR count). The molecular formula is C17H15N3O3. The zero-order valence-corrected chi connectivity index (χ0v) is 12.4. The van der Waals surface area contributed by atoms with Gasteiger partial charge in [-0.1, -0.05) is 30.3 Å². The Kier molecular flexibility index (Phi) is 5.83. The van der Waals surface area contributed by atoms with E-state index in [-0.39, 0.29) is 25.4 Å². The van der Waals surface area contributed by atoms with Crippen molar-refractivity contribution in [3.63, 3.8) is 0 Å². The maximum Gasteiger partial charge on any atom is 0.306 e. The summed E-state index contributed by atoms with van der Waals surface area (Å²) in [7, 11) is 0. The summed E-state index contributed by atoms with van der Waals surface area (Å²) in [5.74, 6) is -0.428. The highest BCUT2D eigenvalue weighted by molar-refractivity contribution is 5.91. The molecule has 0 radical (unpaired) electrons. The molecule has 1 amide bonds. The number of esters is 1. The van der Waals surface area contributed by atoms with Crippen molar-refractivity contribution in [3.05, 3.63) is 59.8 Å². The smallest absolute Gasteiger partial charge is 0.306 e. The van der Waals surface area contributed by atoms with E-state index in [2.05, 4.69) is 10.3 Å². The van der Waals surface area contributed by atoms with E-state index in [1.165, 1.54) is 12.3 Å². The monoisotopic (exact) mass is 309 g/mol. The third kappa shape index (κ3) is 5.59. The van der Waals surface area contributed by atoms with Crippen LogP contribution in [0.3, 0.4) is 0 Å². The van der Waals surface area contributed by atoms with Gasteiger partial charge in [-0.2, -0.15) is 5.26 Å². The molecule has 23 heavy (non-hydrogen) atoms. The predicted octanol–water partition coefficient (Wildman–Crippen LogP) is 2.42. The van der Waals surface area contributed by atoms with Gasteiger partial charge in [-0.25, -0.2) is 4.98 Å². The highest BCUT2D eigenvalue weighted by Crippen LogP contribution is 2.06. The lowest BCUT2D eigenvalue weighted by Crippen LogP contribution is -2.15. The number of hydrogen-bond donors (Lipinski definition) is 1. The van der Waals surface area contributed by atoms with Crippen molar-refractivity contribution in [1.82, 2.24) is 4.98 Å². The van der Waals surface area contributed by atoms with E-state index < -0.39 is 5.97 Å². The van der Waals surface area contributed by atoms with E-state index in [0.717, 1.165) is 5.56 Å². The molecule has 0 saturated carbocycles. The predicted molar refractivity (Wildman–Crippen MR) is 83.1 cm³/mol. The van der Waals surface area contributed by atoms with Crippen molar-refractivity contribution < 1.29 is 14.3 Å². The van der Waals surface area contributed by atoms with E-state index in [1.807, 2.05) is 36.4 Å². The summed E-state index contributed by atoms with van der Waals surface area (Å²) in [5.41, 5.74) is 1.31. The van der Waals surface area contributed by atoms with Gasteiger partial charge in [0.15, 0.2) is 0 Å². The topological polar surface area (TPSA) is 92.1 Å². The van der Waals surface area contributed by atoms with Gasteiger partial charge >= 0.3 is 5.97 Å². The Hall–Kier alpha value is -3.20. The van der Waals surface area contributed by atoms with Crippen molar-refractivity contribution in [3.8, 4) is 6.07 Å². The number of nitrogens with one attached hydrogen (secondary N) is 1. The fourth-order valence-corrected chi connectivity index (χ4v) is 1.77. The van der Waals surface area contributed by atoms with E-state index in [1.54, 1.807) is 6.07 Å². The van der Waals surface area contributed by atoms with Crippen LogP contribution in [0.5, 0.6) is 0 Å². The summed E-state index contributed by atoms with van der Waals surface area (Å²) >= 11 is 0. The van der Waals surface area contributed by atoms with Gasteiger partial charge in [-0.15, -0.1) is 0 Å². The fourth-order valence-electron chi connectivity index (χ4n) is 1.77. The molecule has 0 bridgehead atoms. The lowest BCUT2D eigenvalue weighted by molar-refractivity contribution is -0.145. The molecule has 1 heterocycles. The molecule has 0 aliphatic heterocycles. The van der Waals surface area contributed by atoms with Crippen LogP contribution in [0.1, 0.15) is 24.0 Å². The number of nitriles is 1. The summed E-state index contributed by atoms with van der Waals surface area (Å²) in [6, 6.07) is 14.3. The Morgan fingerprint density at radius 2 is 1.91 bits per heavy atom. The summed E-state index contributed by atoms with van der Waals surface area (Å²) in [6.07, 6.45) is 1.37. The number of ether oxygens (including phenoxy) is 1. The third-order valence-electron chi connectivity index (χ3n) is 2.96. The average molecular weight is 309 g/mol. The molecule has 116 valence electrons. The largest absolute Gasteiger partial charge is 0.461 e. The highest BCUT2D eigenvalue weighted by atomic mass is 16.5. The number of rotatable bonds is 6. The standard InChI is InChI=1S/C17H15N3O3/c18-10-14-6-7-15(19-11-14)20-16(21)8-9-17(22)23-12-13-4-2-1-3-5-13/h1-7,11H,8-9,12H2,(H,19,20,21). The molecule has 1 N–H and O–H groups in total. The SMILES string of the molecule is N#Cc1ccc(NC(=O)CCC(=O)OCc2ccccc2)nc1. The molecule has 0 aliphatic rings. The molecule has 0 saturated heterocycles. The van der Waals surface area contributed by atoms with Crippen LogP contribution in [0, 0.1) is 11.3 Å². The van der Waals surface area contributed by atoms with Crippen LogP contribution in [-0.2, 0) is 20.9 Å². The molecule has 6 nitrogen and oxygen atoms in total. The van der Waals surface area contributed by atoms with E-state index in [0.29, 0.717) is 11.4 Å². The van der Waals surface area contributed by atoms with Gasteiger partial charge in [-0.05, 0) is 17.7 Å². The van der Waals surface area contributed by atoms with Crippen LogP contribution in [-0.4, -0.2) is 16.9 Å². The van der Waals surface area contributed by atoms with Gasteiger partial charge in [0, 0.05) is 12.6 Å². The number of carbonyl (C=O) groups is 2. The number of anilines is 1. The van der Waals surface area contributed by atoms with E-state index in [4.69, 9.17) is 10.00 Å². The first kappa shape index (κ1) is 16.2. The minimum absolute atomic E-state index is 0.00501. The molecular weight excluding hydrogens is 294 g/mol. The van der Waals surface area contributed by atoms with Crippen LogP contribution in [0.4, 0.5) is 5.82 Å². The number of carbonyl (C=O) groups excluding carboxylic acids is 2. The minimum atomic E-state index is -0.434. The van der Waals surface area contributed by atoms with Gasteiger partial charge < -0.3 is 10.1 Å². The first-order chi connectivity index (χ1) is 11.2. The Morgan fingerprint density at radius 1 is 1.13 bits per heavy atom. The molecule has 0 unspecified atom stereocenters. The van der Waals surface area contributed by atoms with Gasteiger partial charge in [0.1, 0.15) is 18.5 Å². The molecule has 0 fully saturated rings. The number of nitrogens with zero attached hydrogens (tertiary/aromatic N) is 2. The Bertz CT molecular complexity index is 706. The Balaban J connectivity index is 1.71. The lowest BCUT2D eigenvalue weighted by atomic mass is 10.2. The number of benzene rings is 1. The van der Waals surface area contributed by atoms with Crippen molar-refractivity contribution in [1.29, 1.82) is 5.26 Å². The van der Waals surface area contributed by atoms with Crippen molar-refractivity contribution in [2.24, 2.45) is 0 Å². The maximum atomic E-state index is 11.7. The normalized spacial score (nSPS) is 9.70. The van der Waals surface area contributed by atoms with E-state index >= 15 is 0 Å². The zero-order valence-electron chi connectivity index (χ0n) is 12.4. The molecule has 0 spiro atoms. The molecule has 2 aromatic rings. The van der Waals surface area contributed by atoms with Gasteiger partial charge in [0.2, 0.25) is 5.91 Å². The van der Waals surface area contributed by atoms with Gasteiger partial charge in [0.05, 0.1) is 12.0 Å². The third-order valence-corrected chi connectivity index (χ3v) is 2.96. The molecule has 0 atom stereocenters. The second-order valence-corrected chi connectivity index (χ2v) is 4.74. The van der Waals surface area contributed by atoms with Crippen LogP contribution in [0.2, 0.25) is 0 Å². The van der Waals surface area contributed by atoms with Crippen LogP contribution in [0.25, 0.3) is 0 Å². The summed E-state index contributed by atoms with van der Waals surface area (Å²) in [6.45, 7) is 0.193. The van der Waals surface area contributed by atoms with E-state index in [9.17, 15) is 9.59 Å². The number of aromatic nitrogens is 1. The maximum absolute atomic E-state index is 11.7. The highest BCUT2D eigenvalue weighted by Gasteiger charge is 2.09. The van der Waals surface area contributed by atoms with Crippen LogP contribution in [0.15, 0.2) is 48.7 Å². The van der Waals surface area contributed by atoms with Crippen LogP contribution < -0.4 is 5.32 Å². The summed E-state index contributed by atoms with van der Waals surface area (Å²) < 4.78 is 5.09. The number of pyridine rings is 1. The van der Waals surface area contributed by atoms with Crippen molar-refractivity contribution >= 4 is 17.7 Å². The van der Waals surface area contributed by atoms with Gasteiger partial charge in [-0.3, -0.25) is 9.59 Å².